The van der Waals surface area contributed by atoms with Crippen LogP contribution in [-0.2, 0) is 11.0 Å². The largest absolute Gasteiger partial charge is 0.495 e. The van der Waals surface area contributed by atoms with Gasteiger partial charge in [-0.1, -0.05) is 12.1 Å². The molecule has 0 fully saturated rings. The Morgan fingerprint density at radius 1 is 1.29 bits per heavy atom. The second-order valence-corrected chi connectivity index (χ2v) is 6.27. The third-order valence-corrected chi connectivity index (χ3v) is 4.17. The van der Waals surface area contributed by atoms with Crippen molar-refractivity contribution in [3.8, 4) is 5.75 Å². The number of carbonyl (C=O) groups excluding carboxylic acids is 1. The minimum absolute atomic E-state index is 0.0104. The zero-order valence-corrected chi connectivity index (χ0v) is 15.0. The van der Waals surface area contributed by atoms with Gasteiger partial charge in [-0.15, -0.1) is 0 Å². The fourth-order valence-electron chi connectivity index (χ4n) is 2.70. The highest BCUT2D eigenvalue weighted by molar-refractivity contribution is 5.99. The van der Waals surface area contributed by atoms with E-state index in [-0.39, 0.29) is 11.6 Å². The second kappa shape index (κ2) is 7.04. The molecule has 0 radical (unpaired) electrons. The number of ether oxygens (including phenoxy) is 1. The average molecular weight is 393 g/mol. The van der Waals surface area contributed by atoms with E-state index < -0.39 is 23.2 Å². The van der Waals surface area contributed by atoms with E-state index in [0.717, 1.165) is 12.1 Å². The number of para-hydroxylation sites is 2. The molecule has 3 rings (SSSR count). The molecule has 1 aromatic heterocycles. The van der Waals surface area contributed by atoms with Crippen LogP contribution in [0.1, 0.15) is 12.5 Å². The molecule has 28 heavy (non-hydrogen) atoms. The summed E-state index contributed by atoms with van der Waals surface area (Å²) in [5.41, 5.74) is 7.48. The number of halogens is 3. The van der Waals surface area contributed by atoms with Gasteiger partial charge < -0.3 is 15.8 Å². The number of methoxy groups -OCH3 is 1. The topological polar surface area (TPSA) is 92.5 Å². The zero-order valence-electron chi connectivity index (χ0n) is 15.0. The lowest BCUT2D eigenvalue weighted by molar-refractivity contribution is -0.137. The summed E-state index contributed by atoms with van der Waals surface area (Å²) < 4.78 is 43.2. The first-order chi connectivity index (χ1) is 13.1. The molecule has 1 aliphatic heterocycles. The summed E-state index contributed by atoms with van der Waals surface area (Å²) in [4.78, 5) is 16.3. The molecule has 0 saturated carbocycles. The quantitative estimate of drug-likeness (QED) is 0.740. The van der Waals surface area contributed by atoms with E-state index in [1.807, 2.05) is 0 Å². The van der Waals surface area contributed by atoms with Gasteiger partial charge in [-0.2, -0.15) is 13.2 Å². The molecule has 1 unspecified atom stereocenters. The highest BCUT2D eigenvalue weighted by Crippen LogP contribution is 2.33. The number of rotatable bonds is 4. The molecule has 0 spiro atoms. The number of nitrogens with zero attached hydrogens (tertiary/aromatic N) is 2. The standard InChI is InChI=1S/C18H18F3N5O2/c1-17(16(27)24-15-8-7-11(10-23-15)18(19,20)21)9-14(22)26(25-17)12-5-3-4-6-13(12)28-2/h3-10,25H,22H2,1-2H3,(H,23,24,27). The molecule has 1 aliphatic rings. The van der Waals surface area contributed by atoms with E-state index >= 15 is 0 Å². The maximum absolute atomic E-state index is 12.7. The Kier molecular flexibility index (Phi) is 4.90. The van der Waals surface area contributed by atoms with Crippen molar-refractivity contribution in [2.24, 2.45) is 5.73 Å². The molecule has 148 valence electrons. The van der Waals surface area contributed by atoms with E-state index in [1.54, 1.807) is 31.2 Å². The summed E-state index contributed by atoms with van der Waals surface area (Å²) in [6, 6.07) is 9.01. The Balaban J connectivity index is 1.77. The summed E-state index contributed by atoms with van der Waals surface area (Å²) in [6.07, 6.45) is -2.34. The van der Waals surface area contributed by atoms with Crippen molar-refractivity contribution in [1.29, 1.82) is 0 Å². The van der Waals surface area contributed by atoms with Gasteiger partial charge in [0.15, 0.2) is 0 Å². The molecule has 7 nitrogen and oxygen atoms in total. The third kappa shape index (κ3) is 3.72. The molecule has 10 heteroatoms. The monoisotopic (exact) mass is 393 g/mol. The Morgan fingerprint density at radius 2 is 2.00 bits per heavy atom. The molecular formula is C18H18F3N5O2. The first-order valence-corrected chi connectivity index (χ1v) is 8.18. The van der Waals surface area contributed by atoms with Gasteiger partial charge in [0.25, 0.3) is 5.91 Å². The lowest BCUT2D eigenvalue weighted by Gasteiger charge is -2.28. The number of nitrogens with two attached hydrogens (primary N) is 1. The van der Waals surface area contributed by atoms with E-state index in [9.17, 15) is 18.0 Å². The molecule has 0 bridgehead atoms. The van der Waals surface area contributed by atoms with Crippen LogP contribution in [0.15, 0.2) is 54.5 Å². The Morgan fingerprint density at radius 3 is 2.61 bits per heavy atom. The van der Waals surface area contributed by atoms with Crippen LogP contribution in [0.25, 0.3) is 0 Å². The summed E-state index contributed by atoms with van der Waals surface area (Å²) in [6.45, 7) is 1.58. The predicted octanol–water partition coefficient (Wildman–Crippen LogP) is 2.63. The van der Waals surface area contributed by atoms with Crippen molar-refractivity contribution < 1.29 is 22.7 Å². The molecule has 1 atom stereocenters. The Hall–Kier alpha value is -3.27. The van der Waals surface area contributed by atoms with Gasteiger partial charge in [0, 0.05) is 6.20 Å². The number of benzene rings is 1. The number of nitrogens with one attached hydrogen (secondary N) is 2. The number of amides is 1. The van der Waals surface area contributed by atoms with Gasteiger partial charge in [0.1, 0.15) is 28.6 Å². The van der Waals surface area contributed by atoms with Crippen LogP contribution in [0.5, 0.6) is 5.75 Å². The van der Waals surface area contributed by atoms with Crippen LogP contribution in [-0.4, -0.2) is 23.5 Å². The predicted molar refractivity (Wildman–Crippen MR) is 97.2 cm³/mol. The number of carbonyl (C=O) groups is 1. The Bertz CT molecular complexity index is 914. The van der Waals surface area contributed by atoms with E-state index in [0.29, 0.717) is 17.6 Å². The van der Waals surface area contributed by atoms with Crippen molar-refractivity contribution >= 4 is 17.4 Å². The maximum Gasteiger partial charge on any atom is 0.417 e. The lowest BCUT2D eigenvalue weighted by atomic mass is 10.0. The number of pyridine rings is 1. The molecule has 1 aromatic carbocycles. The zero-order chi connectivity index (χ0) is 20.5. The highest BCUT2D eigenvalue weighted by atomic mass is 19.4. The fraction of sp³-hybridized carbons (Fsp3) is 0.222. The minimum Gasteiger partial charge on any atom is -0.495 e. The fourth-order valence-corrected chi connectivity index (χ4v) is 2.70. The van der Waals surface area contributed by atoms with Crippen molar-refractivity contribution in [3.63, 3.8) is 0 Å². The van der Waals surface area contributed by atoms with Crippen LogP contribution in [0.4, 0.5) is 24.7 Å². The number of hydrogen-bond donors (Lipinski definition) is 3. The molecule has 4 N–H and O–H groups in total. The van der Waals surface area contributed by atoms with Crippen LogP contribution in [0.3, 0.4) is 0 Å². The second-order valence-electron chi connectivity index (χ2n) is 6.27. The van der Waals surface area contributed by atoms with Gasteiger partial charge in [0.2, 0.25) is 0 Å². The summed E-state index contributed by atoms with van der Waals surface area (Å²) in [5.74, 6) is 0.256. The Labute approximate surface area is 159 Å². The van der Waals surface area contributed by atoms with Gasteiger partial charge in [-0.3, -0.25) is 9.80 Å². The van der Waals surface area contributed by atoms with Crippen molar-refractivity contribution in [2.75, 3.05) is 17.4 Å². The molecule has 2 heterocycles. The van der Waals surface area contributed by atoms with Gasteiger partial charge in [-0.25, -0.2) is 10.4 Å². The van der Waals surface area contributed by atoms with Crippen LogP contribution < -0.4 is 26.2 Å². The maximum atomic E-state index is 12.7. The first kappa shape index (κ1) is 19.5. The normalized spacial score (nSPS) is 19.3. The van der Waals surface area contributed by atoms with E-state index in [1.165, 1.54) is 18.2 Å². The number of anilines is 2. The number of alkyl halides is 3. The number of hydrazine groups is 1. The first-order valence-electron chi connectivity index (χ1n) is 8.18. The SMILES string of the molecule is COc1ccccc1N1NC(C)(C(=O)Nc2ccc(C(F)(F)F)cn2)C=C1N. The molecule has 0 saturated heterocycles. The number of hydrogen-bond acceptors (Lipinski definition) is 6. The van der Waals surface area contributed by atoms with E-state index in [4.69, 9.17) is 10.5 Å². The van der Waals surface area contributed by atoms with Gasteiger partial charge in [-0.05, 0) is 37.3 Å². The van der Waals surface area contributed by atoms with Gasteiger partial charge in [0.05, 0.1) is 12.7 Å². The molecule has 2 aromatic rings. The molecular weight excluding hydrogens is 375 g/mol. The summed E-state index contributed by atoms with van der Waals surface area (Å²) in [5, 5.41) is 3.98. The summed E-state index contributed by atoms with van der Waals surface area (Å²) >= 11 is 0. The van der Waals surface area contributed by atoms with Crippen molar-refractivity contribution in [3.05, 3.63) is 60.1 Å². The minimum atomic E-state index is -4.50. The summed E-state index contributed by atoms with van der Waals surface area (Å²) in [7, 11) is 1.51. The molecule has 0 aliphatic carbocycles. The highest BCUT2D eigenvalue weighted by Gasteiger charge is 2.40. The third-order valence-electron chi connectivity index (χ3n) is 4.17. The number of aromatic nitrogens is 1. The van der Waals surface area contributed by atoms with Crippen LogP contribution >= 0.6 is 0 Å². The van der Waals surface area contributed by atoms with Crippen LogP contribution in [0.2, 0.25) is 0 Å². The lowest BCUT2D eigenvalue weighted by Crippen LogP contribution is -2.53. The smallest absolute Gasteiger partial charge is 0.417 e. The molecule has 1 amide bonds. The van der Waals surface area contributed by atoms with E-state index in [2.05, 4.69) is 15.7 Å². The van der Waals surface area contributed by atoms with Crippen molar-refractivity contribution in [1.82, 2.24) is 10.4 Å². The average Bonchev–Trinajstić information content (AvgIpc) is 2.97. The van der Waals surface area contributed by atoms with Crippen LogP contribution in [0, 0.1) is 0 Å². The van der Waals surface area contributed by atoms with Crippen molar-refractivity contribution in [2.45, 2.75) is 18.6 Å². The van der Waals surface area contributed by atoms with Gasteiger partial charge >= 0.3 is 6.18 Å².